The number of ether oxygens (including phenoxy) is 2. The number of aryl methyl sites for hydroxylation is 1. The molecule has 0 radical (unpaired) electrons. The highest BCUT2D eigenvalue weighted by Crippen LogP contribution is 2.25. The lowest BCUT2D eigenvalue weighted by Crippen LogP contribution is -2.27. The Bertz CT molecular complexity index is 759. The van der Waals surface area contributed by atoms with E-state index in [0.717, 1.165) is 31.6 Å². The maximum Gasteiger partial charge on any atom is 0.240 e. The smallest absolute Gasteiger partial charge is 0.240 e. The molecule has 1 unspecified atom stereocenters. The SMILES string of the molecule is Cc1cc(N2CCCC2=O)ccc1S(=O)(=O)NCCCOCC1CCCO1. The van der Waals surface area contributed by atoms with Crippen molar-refractivity contribution in [1.29, 1.82) is 0 Å². The molecule has 0 saturated carbocycles. The fraction of sp³-hybridized carbons (Fsp3) is 0.632. The quantitative estimate of drug-likeness (QED) is 0.645. The average molecular weight is 397 g/mol. The van der Waals surface area contributed by atoms with E-state index in [1.807, 2.05) is 0 Å². The van der Waals surface area contributed by atoms with Gasteiger partial charge in [0.25, 0.3) is 0 Å². The van der Waals surface area contributed by atoms with Crippen molar-refractivity contribution in [3.63, 3.8) is 0 Å². The first kappa shape index (κ1) is 20.3. The summed E-state index contributed by atoms with van der Waals surface area (Å²) in [5, 5.41) is 0. The third kappa shape index (κ3) is 5.28. The Morgan fingerprint density at radius 3 is 2.85 bits per heavy atom. The van der Waals surface area contributed by atoms with Crippen molar-refractivity contribution in [2.45, 2.75) is 50.0 Å². The molecule has 1 N–H and O–H groups in total. The first-order valence-corrected chi connectivity index (χ1v) is 11.1. The summed E-state index contributed by atoms with van der Waals surface area (Å²) in [6.07, 6.45) is 4.29. The number of nitrogens with one attached hydrogen (secondary N) is 1. The monoisotopic (exact) mass is 396 g/mol. The molecule has 1 aromatic carbocycles. The van der Waals surface area contributed by atoms with Crippen molar-refractivity contribution in [2.75, 3.05) is 37.8 Å². The van der Waals surface area contributed by atoms with Crippen LogP contribution in [0.1, 0.15) is 37.7 Å². The molecule has 27 heavy (non-hydrogen) atoms. The highest BCUT2D eigenvalue weighted by Gasteiger charge is 2.23. The van der Waals surface area contributed by atoms with Crippen LogP contribution in [0, 0.1) is 6.92 Å². The van der Waals surface area contributed by atoms with Gasteiger partial charge in [0.2, 0.25) is 15.9 Å². The van der Waals surface area contributed by atoms with Crippen LogP contribution in [-0.2, 0) is 24.3 Å². The Morgan fingerprint density at radius 2 is 2.19 bits per heavy atom. The van der Waals surface area contributed by atoms with Crippen molar-refractivity contribution in [2.24, 2.45) is 0 Å². The summed E-state index contributed by atoms with van der Waals surface area (Å²) in [4.78, 5) is 13.8. The maximum atomic E-state index is 12.5. The standard InChI is InChI=1S/C19H28N2O5S/c1-15-13-16(21-10-2-6-19(21)22)7-8-18(15)27(23,24)20-9-4-11-25-14-17-5-3-12-26-17/h7-8,13,17,20H,2-6,9-12,14H2,1H3. The molecule has 7 nitrogen and oxygen atoms in total. The normalized spacial score (nSPS) is 20.6. The van der Waals surface area contributed by atoms with Crippen molar-refractivity contribution in [3.05, 3.63) is 23.8 Å². The van der Waals surface area contributed by atoms with Gasteiger partial charge in [0.1, 0.15) is 0 Å². The Hall–Kier alpha value is -1.48. The van der Waals surface area contributed by atoms with Gasteiger partial charge >= 0.3 is 0 Å². The number of hydrogen-bond donors (Lipinski definition) is 1. The van der Waals surface area contributed by atoms with E-state index in [-0.39, 0.29) is 16.9 Å². The second kappa shape index (κ2) is 9.14. The van der Waals surface area contributed by atoms with Gasteiger partial charge in [0, 0.05) is 38.4 Å². The summed E-state index contributed by atoms with van der Waals surface area (Å²) in [6.45, 7) is 4.63. The van der Waals surface area contributed by atoms with Crippen molar-refractivity contribution < 1.29 is 22.7 Å². The summed E-state index contributed by atoms with van der Waals surface area (Å²) in [5.41, 5.74) is 1.39. The van der Waals surface area contributed by atoms with Crippen molar-refractivity contribution in [1.82, 2.24) is 4.72 Å². The van der Waals surface area contributed by atoms with Crippen LogP contribution in [0.5, 0.6) is 0 Å². The number of hydrogen-bond acceptors (Lipinski definition) is 5. The number of rotatable bonds is 9. The summed E-state index contributed by atoms with van der Waals surface area (Å²) >= 11 is 0. The van der Waals surface area contributed by atoms with E-state index in [0.29, 0.717) is 44.7 Å². The molecule has 2 heterocycles. The first-order chi connectivity index (χ1) is 13.0. The zero-order valence-corrected chi connectivity index (χ0v) is 16.6. The fourth-order valence-electron chi connectivity index (χ4n) is 3.47. The zero-order chi connectivity index (χ0) is 19.3. The van der Waals surface area contributed by atoms with E-state index in [1.54, 1.807) is 30.0 Å². The molecule has 0 spiro atoms. The Labute approximate surface area is 161 Å². The Morgan fingerprint density at radius 1 is 1.33 bits per heavy atom. The summed E-state index contributed by atoms with van der Waals surface area (Å²) in [5.74, 6) is 0.0890. The summed E-state index contributed by atoms with van der Waals surface area (Å²) in [6, 6.07) is 5.05. The van der Waals surface area contributed by atoms with E-state index in [4.69, 9.17) is 9.47 Å². The lowest BCUT2D eigenvalue weighted by Gasteiger charge is -2.18. The average Bonchev–Trinajstić information content (AvgIpc) is 3.29. The molecule has 0 bridgehead atoms. The number of carbonyl (C=O) groups excluding carboxylic acids is 1. The molecule has 2 aliphatic rings. The molecular weight excluding hydrogens is 368 g/mol. The van der Waals surface area contributed by atoms with Gasteiger partial charge in [-0.25, -0.2) is 13.1 Å². The minimum absolute atomic E-state index is 0.0890. The number of benzene rings is 1. The van der Waals surface area contributed by atoms with Gasteiger partial charge in [0.05, 0.1) is 17.6 Å². The van der Waals surface area contributed by atoms with Gasteiger partial charge in [-0.15, -0.1) is 0 Å². The number of amides is 1. The molecule has 1 amide bonds. The third-order valence-electron chi connectivity index (χ3n) is 4.92. The lowest BCUT2D eigenvalue weighted by molar-refractivity contribution is -0.117. The van der Waals surface area contributed by atoms with E-state index in [1.165, 1.54) is 0 Å². The fourth-order valence-corrected chi connectivity index (χ4v) is 4.77. The number of carbonyl (C=O) groups is 1. The zero-order valence-electron chi connectivity index (χ0n) is 15.8. The predicted molar refractivity (Wildman–Crippen MR) is 102 cm³/mol. The van der Waals surface area contributed by atoms with Gasteiger partial charge in [0.15, 0.2) is 0 Å². The Balaban J connectivity index is 1.48. The Kier molecular flexibility index (Phi) is 6.86. The van der Waals surface area contributed by atoms with Crippen molar-refractivity contribution in [3.8, 4) is 0 Å². The second-order valence-electron chi connectivity index (χ2n) is 7.06. The largest absolute Gasteiger partial charge is 0.379 e. The molecule has 0 aliphatic carbocycles. The second-order valence-corrected chi connectivity index (χ2v) is 8.80. The lowest BCUT2D eigenvalue weighted by atomic mass is 10.2. The van der Waals surface area contributed by atoms with Gasteiger partial charge in [-0.2, -0.15) is 0 Å². The van der Waals surface area contributed by atoms with Crippen LogP contribution in [0.15, 0.2) is 23.1 Å². The van der Waals surface area contributed by atoms with Crippen LogP contribution in [0.2, 0.25) is 0 Å². The van der Waals surface area contributed by atoms with Gasteiger partial charge in [-0.1, -0.05) is 0 Å². The van der Waals surface area contributed by atoms with Crippen molar-refractivity contribution >= 4 is 21.6 Å². The van der Waals surface area contributed by atoms with Crippen LogP contribution < -0.4 is 9.62 Å². The highest BCUT2D eigenvalue weighted by molar-refractivity contribution is 7.89. The van der Waals surface area contributed by atoms with Gasteiger partial charge < -0.3 is 14.4 Å². The maximum absolute atomic E-state index is 12.5. The molecule has 2 saturated heterocycles. The van der Waals surface area contributed by atoms with E-state index in [2.05, 4.69) is 4.72 Å². The molecule has 0 aromatic heterocycles. The molecule has 150 valence electrons. The molecule has 1 aromatic rings. The van der Waals surface area contributed by atoms with Crippen LogP contribution in [0.3, 0.4) is 0 Å². The molecule has 3 rings (SSSR count). The van der Waals surface area contributed by atoms with Gasteiger partial charge in [-0.3, -0.25) is 4.79 Å². The number of nitrogens with zero attached hydrogens (tertiary/aromatic N) is 1. The molecule has 2 aliphatic heterocycles. The van der Waals surface area contributed by atoms with E-state index in [9.17, 15) is 13.2 Å². The minimum Gasteiger partial charge on any atom is -0.379 e. The third-order valence-corrected chi connectivity index (χ3v) is 6.54. The van der Waals surface area contributed by atoms with E-state index >= 15 is 0 Å². The van der Waals surface area contributed by atoms with Gasteiger partial charge in [-0.05, 0) is 56.4 Å². The molecular formula is C19H28N2O5S. The number of anilines is 1. The first-order valence-electron chi connectivity index (χ1n) is 9.57. The highest BCUT2D eigenvalue weighted by atomic mass is 32.2. The predicted octanol–water partition coefficient (Wildman–Crippen LogP) is 1.99. The van der Waals surface area contributed by atoms with Crippen LogP contribution in [-0.4, -0.2) is 53.3 Å². The number of sulfonamides is 1. The van der Waals surface area contributed by atoms with Crippen LogP contribution >= 0.6 is 0 Å². The summed E-state index contributed by atoms with van der Waals surface area (Å²) in [7, 11) is -3.58. The topological polar surface area (TPSA) is 84.9 Å². The minimum atomic E-state index is -3.58. The molecule has 8 heteroatoms. The van der Waals surface area contributed by atoms with E-state index < -0.39 is 10.0 Å². The summed E-state index contributed by atoms with van der Waals surface area (Å²) < 4.78 is 38.7. The van der Waals surface area contributed by atoms with Crippen LogP contribution in [0.25, 0.3) is 0 Å². The molecule has 2 fully saturated rings. The molecule has 1 atom stereocenters. The van der Waals surface area contributed by atoms with Crippen LogP contribution in [0.4, 0.5) is 5.69 Å².